The van der Waals surface area contributed by atoms with Crippen LogP contribution in [0.4, 0.5) is 5.69 Å². The van der Waals surface area contributed by atoms with Gasteiger partial charge in [0.05, 0.1) is 26.6 Å². The summed E-state index contributed by atoms with van der Waals surface area (Å²) in [7, 11) is -2.38. The Hall–Kier alpha value is -2.93. The summed E-state index contributed by atoms with van der Waals surface area (Å²) in [5.41, 5.74) is 0.148. The van der Waals surface area contributed by atoms with Gasteiger partial charge in [-0.3, -0.25) is 14.9 Å². The smallest absolute Gasteiger partial charge is 0.286 e. The standard InChI is InChI=1S/C17H16N4O6S2/c1-27-9-8-20-14-7-6-11(29(18,25)26)10-15(14)28-17(20)19-16(22)12-4-2-3-5-13(12)21(23)24/h2-7,10H,8-9H2,1H3,(H2,18,25,26). The third-order valence-corrected chi connectivity index (χ3v) is 5.98. The second-order valence-electron chi connectivity index (χ2n) is 5.89. The number of hydrogen-bond acceptors (Lipinski definition) is 7. The zero-order valence-corrected chi connectivity index (χ0v) is 16.8. The van der Waals surface area contributed by atoms with Crippen molar-refractivity contribution >= 4 is 43.2 Å². The van der Waals surface area contributed by atoms with Crippen LogP contribution in [0.15, 0.2) is 52.4 Å². The van der Waals surface area contributed by atoms with Crippen LogP contribution in [0, 0.1) is 10.1 Å². The molecular weight excluding hydrogens is 420 g/mol. The fourth-order valence-corrected chi connectivity index (χ4v) is 4.38. The SMILES string of the molecule is COCCn1c(=NC(=O)c2ccccc2[N+](=O)[O-])sc2cc(S(N)(=O)=O)ccc21. The summed E-state index contributed by atoms with van der Waals surface area (Å²) in [5, 5.41) is 16.4. The van der Waals surface area contributed by atoms with E-state index in [4.69, 9.17) is 9.88 Å². The number of sulfonamides is 1. The Labute approximate surface area is 169 Å². The molecule has 3 aromatic rings. The zero-order valence-electron chi connectivity index (χ0n) is 15.1. The van der Waals surface area contributed by atoms with E-state index in [1.807, 2.05) is 0 Å². The van der Waals surface area contributed by atoms with Crippen LogP contribution in [0.2, 0.25) is 0 Å². The number of para-hydroxylation sites is 1. The topological polar surface area (TPSA) is 147 Å². The van der Waals surface area contributed by atoms with Crippen molar-refractivity contribution in [3.63, 3.8) is 0 Å². The van der Waals surface area contributed by atoms with Crippen LogP contribution in [0.1, 0.15) is 10.4 Å². The number of carbonyl (C=O) groups is 1. The highest BCUT2D eigenvalue weighted by atomic mass is 32.2. The molecule has 2 N–H and O–H groups in total. The maximum Gasteiger partial charge on any atom is 0.286 e. The number of nitrogens with zero attached hydrogens (tertiary/aromatic N) is 3. The largest absolute Gasteiger partial charge is 0.383 e. The summed E-state index contributed by atoms with van der Waals surface area (Å²) in [6.07, 6.45) is 0. The van der Waals surface area contributed by atoms with E-state index in [-0.39, 0.29) is 20.9 Å². The lowest BCUT2D eigenvalue weighted by Crippen LogP contribution is -2.19. The summed E-state index contributed by atoms with van der Waals surface area (Å²) in [6, 6.07) is 9.85. The number of nitro benzene ring substituents is 1. The van der Waals surface area contributed by atoms with Gasteiger partial charge >= 0.3 is 0 Å². The molecule has 1 aromatic heterocycles. The molecule has 0 fully saturated rings. The fraction of sp³-hybridized carbons (Fsp3) is 0.176. The number of nitrogens with two attached hydrogens (primary N) is 1. The molecule has 0 unspecified atom stereocenters. The highest BCUT2D eigenvalue weighted by molar-refractivity contribution is 7.89. The third kappa shape index (κ3) is 4.40. The van der Waals surface area contributed by atoms with Gasteiger partial charge in [0.1, 0.15) is 5.56 Å². The molecule has 0 aliphatic carbocycles. The summed E-state index contributed by atoms with van der Waals surface area (Å²) in [5.74, 6) is -0.776. The van der Waals surface area contributed by atoms with Gasteiger partial charge in [-0.2, -0.15) is 4.99 Å². The molecular formula is C17H16N4O6S2. The van der Waals surface area contributed by atoms with Crippen molar-refractivity contribution in [3.05, 3.63) is 62.9 Å². The zero-order chi connectivity index (χ0) is 21.2. The van der Waals surface area contributed by atoms with Crippen LogP contribution < -0.4 is 9.94 Å². The van der Waals surface area contributed by atoms with Crippen molar-refractivity contribution in [2.75, 3.05) is 13.7 Å². The number of methoxy groups -OCH3 is 1. The first-order valence-corrected chi connectivity index (χ1v) is 10.6. The molecule has 0 aliphatic heterocycles. The van der Waals surface area contributed by atoms with Crippen LogP contribution in [0.5, 0.6) is 0 Å². The molecule has 152 valence electrons. The maximum atomic E-state index is 12.6. The lowest BCUT2D eigenvalue weighted by atomic mass is 10.2. The first kappa shape index (κ1) is 20.8. The highest BCUT2D eigenvalue weighted by Gasteiger charge is 2.19. The average molecular weight is 436 g/mol. The van der Waals surface area contributed by atoms with E-state index in [9.17, 15) is 23.3 Å². The van der Waals surface area contributed by atoms with Crippen LogP contribution in [-0.2, 0) is 21.3 Å². The first-order chi connectivity index (χ1) is 13.7. The monoisotopic (exact) mass is 436 g/mol. The summed E-state index contributed by atoms with van der Waals surface area (Å²) in [6.45, 7) is 0.657. The molecule has 0 atom stereocenters. The van der Waals surface area contributed by atoms with E-state index in [1.54, 1.807) is 10.6 Å². The van der Waals surface area contributed by atoms with Crippen molar-refractivity contribution in [3.8, 4) is 0 Å². The number of thiazole rings is 1. The van der Waals surface area contributed by atoms with Gasteiger partial charge in [-0.25, -0.2) is 13.6 Å². The molecule has 3 rings (SSSR count). The Balaban J connectivity index is 2.19. The normalized spacial score (nSPS) is 12.4. The van der Waals surface area contributed by atoms with Crippen LogP contribution in [-0.4, -0.2) is 37.5 Å². The third-order valence-electron chi connectivity index (χ3n) is 4.03. The number of amides is 1. The number of benzene rings is 2. The van der Waals surface area contributed by atoms with Crippen molar-refractivity contribution in [2.24, 2.45) is 10.1 Å². The molecule has 0 radical (unpaired) electrons. The maximum absolute atomic E-state index is 12.6. The van der Waals surface area contributed by atoms with Crippen LogP contribution >= 0.6 is 11.3 Å². The highest BCUT2D eigenvalue weighted by Crippen LogP contribution is 2.22. The molecule has 29 heavy (non-hydrogen) atoms. The Kier molecular flexibility index (Phi) is 5.88. The molecule has 0 aliphatic rings. The van der Waals surface area contributed by atoms with E-state index in [0.29, 0.717) is 23.4 Å². The summed E-state index contributed by atoms with van der Waals surface area (Å²) in [4.78, 5) is 27.4. The Morgan fingerprint density at radius 3 is 2.69 bits per heavy atom. The summed E-state index contributed by atoms with van der Waals surface area (Å²) < 4.78 is 30.6. The number of hydrogen-bond donors (Lipinski definition) is 1. The van der Waals surface area contributed by atoms with Crippen molar-refractivity contribution in [2.45, 2.75) is 11.4 Å². The minimum absolute atomic E-state index is 0.0679. The Morgan fingerprint density at radius 1 is 1.31 bits per heavy atom. The predicted octanol–water partition coefficient (Wildman–Crippen LogP) is 1.65. The second kappa shape index (κ2) is 8.21. The molecule has 0 saturated heterocycles. The molecule has 10 nitrogen and oxygen atoms in total. The quantitative estimate of drug-likeness (QED) is 0.459. The van der Waals surface area contributed by atoms with Gasteiger partial charge in [-0.15, -0.1) is 0 Å². The summed E-state index contributed by atoms with van der Waals surface area (Å²) >= 11 is 1.07. The molecule has 2 aromatic carbocycles. The molecule has 1 amide bonds. The van der Waals surface area contributed by atoms with Crippen LogP contribution in [0.3, 0.4) is 0 Å². The lowest BCUT2D eigenvalue weighted by molar-refractivity contribution is -0.385. The number of carbonyl (C=O) groups excluding carboxylic acids is 1. The number of nitro groups is 1. The van der Waals surface area contributed by atoms with Gasteiger partial charge in [-0.05, 0) is 24.3 Å². The van der Waals surface area contributed by atoms with Gasteiger partial charge in [-0.1, -0.05) is 23.5 Å². The van der Waals surface area contributed by atoms with Crippen molar-refractivity contribution in [1.82, 2.24) is 4.57 Å². The van der Waals surface area contributed by atoms with E-state index >= 15 is 0 Å². The molecule has 0 bridgehead atoms. The van der Waals surface area contributed by atoms with Crippen LogP contribution in [0.25, 0.3) is 10.2 Å². The number of ether oxygens (including phenoxy) is 1. The van der Waals surface area contributed by atoms with Gasteiger partial charge in [0.2, 0.25) is 10.0 Å². The van der Waals surface area contributed by atoms with E-state index in [1.165, 1.54) is 43.5 Å². The number of aromatic nitrogens is 1. The molecule has 0 saturated carbocycles. The van der Waals surface area contributed by atoms with Gasteiger partial charge in [0, 0.05) is 19.7 Å². The number of primary sulfonamides is 1. The second-order valence-corrected chi connectivity index (χ2v) is 8.47. The lowest BCUT2D eigenvalue weighted by Gasteiger charge is -2.05. The minimum atomic E-state index is -3.90. The van der Waals surface area contributed by atoms with Gasteiger partial charge < -0.3 is 9.30 Å². The molecule has 12 heteroatoms. The number of fused-ring (bicyclic) bond motifs is 1. The van der Waals surface area contributed by atoms with E-state index in [2.05, 4.69) is 4.99 Å². The van der Waals surface area contributed by atoms with Gasteiger partial charge in [0.25, 0.3) is 11.6 Å². The average Bonchev–Trinajstić information content (AvgIpc) is 3.01. The predicted molar refractivity (Wildman–Crippen MR) is 106 cm³/mol. The number of rotatable bonds is 6. The molecule has 1 heterocycles. The Morgan fingerprint density at radius 2 is 2.03 bits per heavy atom. The first-order valence-electron chi connectivity index (χ1n) is 8.20. The van der Waals surface area contributed by atoms with Crippen molar-refractivity contribution < 1.29 is 22.9 Å². The van der Waals surface area contributed by atoms with E-state index in [0.717, 1.165) is 11.3 Å². The minimum Gasteiger partial charge on any atom is -0.383 e. The fourth-order valence-electron chi connectivity index (χ4n) is 2.68. The van der Waals surface area contributed by atoms with Crippen molar-refractivity contribution in [1.29, 1.82) is 0 Å². The van der Waals surface area contributed by atoms with E-state index < -0.39 is 20.9 Å². The molecule has 0 spiro atoms. The Bertz CT molecular complexity index is 1280. The van der Waals surface area contributed by atoms with Gasteiger partial charge in [0.15, 0.2) is 4.80 Å².